The Bertz CT molecular complexity index is 1130. The van der Waals surface area contributed by atoms with Crippen LogP contribution in [0.1, 0.15) is 41.9 Å². The Hall–Kier alpha value is -2.91. The van der Waals surface area contributed by atoms with Gasteiger partial charge in [0.1, 0.15) is 0 Å². The quantitative estimate of drug-likeness (QED) is 0.527. The summed E-state index contributed by atoms with van der Waals surface area (Å²) in [6.45, 7) is 1.33. The molecule has 0 radical (unpaired) electrons. The maximum Gasteiger partial charge on any atom is 0.416 e. The van der Waals surface area contributed by atoms with Crippen molar-refractivity contribution in [1.29, 1.82) is 0 Å². The Kier molecular flexibility index (Phi) is 5.84. The minimum atomic E-state index is -4.41. The van der Waals surface area contributed by atoms with Gasteiger partial charge >= 0.3 is 6.18 Å². The second kappa shape index (κ2) is 8.79. The highest BCUT2D eigenvalue weighted by Crippen LogP contribution is 2.40. The van der Waals surface area contributed by atoms with Gasteiger partial charge in [-0.1, -0.05) is 12.1 Å². The van der Waals surface area contributed by atoms with Gasteiger partial charge in [-0.3, -0.25) is 4.98 Å². The molecule has 2 aliphatic rings. The summed E-state index contributed by atoms with van der Waals surface area (Å²) in [5.74, 6) is 0. The van der Waals surface area contributed by atoms with Crippen LogP contribution in [-0.2, 0) is 10.9 Å². The van der Waals surface area contributed by atoms with E-state index >= 15 is 0 Å². The molecule has 4 heterocycles. The summed E-state index contributed by atoms with van der Waals surface area (Å²) in [6.07, 6.45) is 1.12. The molecule has 2 aromatic heterocycles. The zero-order chi connectivity index (χ0) is 23.0. The van der Waals surface area contributed by atoms with E-state index in [1.165, 1.54) is 12.1 Å². The van der Waals surface area contributed by atoms with Crippen LogP contribution in [0.4, 0.5) is 13.2 Å². The zero-order valence-corrected chi connectivity index (χ0v) is 18.5. The maximum absolute atomic E-state index is 13.4. The van der Waals surface area contributed by atoms with Crippen LogP contribution in [0, 0.1) is 0 Å². The van der Waals surface area contributed by atoms with Crippen molar-refractivity contribution in [2.45, 2.75) is 37.2 Å². The monoisotopic (exact) mass is 472 g/mol. The molecule has 2 saturated heterocycles. The lowest BCUT2D eigenvalue weighted by Gasteiger charge is -2.30. The lowest BCUT2D eigenvalue weighted by atomic mass is 10.0. The fourth-order valence-corrected chi connectivity index (χ4v) is 4.95. The molecule has 2 aliphatic heterocycles. The molecule has 0 bridgehead atoms. The second-order valence-electron chi connectivity index (χ2n) is 8.27. The molecule has 5 nitrogen and oxygen atoms in total. The normalized spacial score (nSPS) is 23.2. The van der Waals surface area contributed by atoms with Gasteiger partial charge in [-0.05, 0) is 67.5 Å². The summed E-state index contributed by atoms with van der Waals surface area (Å²) in [5.41, 5.74) is 1.41. The van der Waals surface area contributed by atoms with E-state index in [-0.39, 0.29) is 18.2 Å². The number of halogens is 3. The fourth-order valence-electron chi connectivity index (χ4n) is 4.63. The fraction of sp³-hybridized carbons (Fsp3) is 0.333. The van der Waals surface area contributed by atoms with Gasteiger partial charge in [-0.2, -0.15) is 13.2 Å². The number of hydrogen-bond acceptors (Lipinski definition) is 3. The van der Waals surface area contributed by atoms with Crippen LogP contribution in [0.2, 0.25) is 0 Å². The number of hydrogen-bond donors (Lipinski definition) is 1. The SMILES string of the molecule is FC(F)(F)c1cccc(-n2cccc2[C@H]2[C@H](c3ccccn3)NC(=S)N2C[C@@H]2CCCO2)c1. The lowest BCUT2D eigenvalue weighted by molar-refractivity contribution is -0.137. The molecule has 2 fully saturated rings. The number of aromatic nitrogens is 2. The molecule has 172 valence electrons. The van der Waals surface area contributed by atoms with Crippen molar-refractivity contribution in [1.82, 2.24) is 19.8 Å². The smallest absolute Gasteiger partial charge is 0.376 e. The first-order valence-corrected chi connectivity index (χ1v) is 11.3. The molecule has 3 atom stereocenters. The Morgan fingerprint density at radius 2 is 2.00 bits per heavy atom. The molecule has 1 N–H and O–H groups in total. The van der Waals surface area contributed by atoms with E-state index in [0.29, 0.717) is 17.3 Å². The first-order chi connectivity index (χ1) is 15.9. The predicted octanol–water partition coefficient (Wildman–Crippen LogP) is 5.04. The maximum atomic E-state index is 13.4. The minimum Gasteiger partial charge on any atom is -0.376 e. The third-order valence-electron chi connectivity index (χ3n) is 6.16. The van der Waals surface area contributed by atoms with Crippen LogP contribution in [0.25, 0.3) is 5.69 Å². The van der Waals surface area contributed by atoms with Gasteiger partial charge in [-0.25, -0.2) is 0 Å². The molecule has 3 aromatic rings. The molecule has 0 saturated carbocycles. The van der Waals surface area contributed by atoms with Gasteiger partial charge in [0.05, 0.1) is 29.4 Å². The largest absolute Gasteiger partial charge is 0.416 e. The number of nitrogens with one attached hydrogen (secondary N) is 1. The third-order valence-corrected chi connectivity index (χ3v) is 6.51. The highest BCUT2D eigenvalue weighted by molar-refractivity contribution is 7.80. The number of nitrogens with zero attached hydrogens (tertiary/aromatic N) is 3. The Balaban J connectivity index is 1.57. The molecule has 0 amide bonds. The zero-order valence-electron chi connectivity index (χ0n) is 17.7. The predicted molar refractivity (Wildman–Crippen MR) is 122 cm³/mol. The lowest BCUT2D eigenvalue weighted by Crippen LogP contribution is -2.36. The topological polar surface area (TPSA) is 42.3 Å². The van der Waals surface area contributed by atoms with Gasteiger partial charge in [-0.15, -0.1) is 0 Å². The molecular formula is C24H23F3N4OS. The van der Waals surface area contributed by atoms with E-state index in [9.17, 15) is 13.2 Å². The standard InChI is InChI=1S/C24H23F3N4OS/c25-24(26,27)16-6-3-7-17(14-16)30-12-4-10-20(30)22-21(19-9-1-2-11-28-19)29-23(33)31(22)15-18-8-5-13-32-18/h1-4,6-7,9-12,14,18,21-22H,5,8,13,15H2,(H,29,33)/t18-,21-,22-/m0/s1. The van der Waals surface area contributed by atoms with E-state index in [2.05, 4.69) is 15.2 Å². The van der Waals surface area contributed by atoms with Gasteiger partial charge in [0.25, 0.3) is 0 Å². The van der Waals surface area contributed by atoms with E-state index < -0.39 is 11.7 Å². The Labute approximate surface area is 195 Å². The molecule has 33 heavy (non-hydrogen) atoms. The molecule has 0 aliphatic carbocycles. The van der Waals surface area contributed by atoms with E-state index in [1.807, 2.05) is 30.3 Å². The number of thiocarbonyl (C=S) groups is 1. The minimum absolute atomic E-state index is 0.0618. The number of ether oxygens (including phenoxy) is 1. The van der Waals surface area contributed by atoms with Crippen molar-refractivity contribution >= 4 is 17.3 Å². The van der Waals surface area contributed by atoms with Gasteiger partial charge < -0.3 is 19.5 Å². The average Bonchev–Trinajstić information content (AvgIpc) is 3.55. The Morgan fingerprint density at radius 1 is 1.12 bits per heavy atom. The van der Waals surface area contributed by atoms with E-state index in [4.69, 9.17) is 17.0 Å². The van der Waals surface area contributed by atoms with Crippen LogP contribution in [0.15, 0.2) is 67.0 Å². The van der Waals surface area contributed by atoms with Gasteiger partial charge in [0, 0.05) is 36.9 Å². The molecule has 1 aromatic carbocycles. The molecule has 5 rings (SSSR count). The summed E-state index contributed by atoms with van der Waals surface area (Å²) >= 11 is 5.71. The first kappa shape index (κ1) is 21.9. The molecule has 0 unspecified atom stereocenters. The van der Waals surface area contributed by atoms with E-state index in [1.54, 1.807) is 23.0 Å². The summed E-state index contributed by atoms with van der Waals surface area (Å²) in [5, 5.41) is 3.98. The summed E-state index contributed by atoms with van der Waals surface area (Å²) < 4.78 is 47.8. The van der Waals surface area contributed by atoms with Crippen molar-refractivity contribution < 1.29 is 17.9 Å². The summed E-state index contributed by atoms with van der Waals surface area (Å²) in [7, 11) is 0. The third kappa shape index (κ3) is 4.35. The van der Waals surface area contributed by atoms with Crippen LogP contribution in [-0.4, -0.2) is 38.8 Å². The second-order valence-corrected chi connectivity index (χ2v) is 8.65. The van der Waals surface area contributed by atoms with Crippen molar-refractivity contribution in [2.75, 3.05) is 13.2 Å². The van der Waals surface area contributed by atoms with Gasteiger partial charge in [0.15, 0.2) is 5.11 Å². The van der Waals surface area contributed by atoms with E-state index in [0.717, 1.165) is 36.9 Å². The van der Waals surface area contributed by atoms with Crippen LogP contribution in [0.3, 0.4) is 0 Å². The van der Waals surface area contributed by atoms with Gasteiger partial charge in [0.2, 0.25) is 0 Å². The van der Waals surface area contributed by atoms with Crippen molar-refractivity contribution in [3.8, 4) is 5.69 Å². The molecule has 0 spiro atoms. The van der Waals surface area contributed by atoms with Crippen LogP contribution < -0.4 is 5.32 Å². The number of pyridine rings is 1. The summed E-state index contributed by atoms with van der Waals surface area (Å²) in [4.78, 5) is 6.62. The highest BCUT2D eigenvalue weighted by atomic mass is 32.1. The van der Waals surface area contributed by atoms with Crippen LogP contribution >= 0.6 is 12.2 Å². The van der Waals surface area contributed by atoms with Crippen molar-refractivity contribution in [2.24, 2.45) is 0 Å². The molecule has 9 heteroatoms. The average molecular weight is 473 g/mol. The first-order valence-electron chi connectivity index (χ1n) is 10.9. The highest BCUT2D eigenvalue weighted by Gasteiger charge is 2.42. The van der Waals surface area contributed by atoms with Crippen molar-refractivity contribution in [3.05, 3.63) is 83.9 Å². The number of benzene rings is 1. The Morgan fingerprint density at radius 3 is 2.73 bits per heavy atom. The van der Waals surface area contributed by atoms with Crippen LogP contribution in [0.5, 0.6) is 0 Å². The summed E-state index contributed by atoms with van der Waals surface area (Å²) in [6, 6.07) is 14.3. The number of rotatable bonds is 5. The molecular weight excluding hydrogens is 449 g/mol. The van der Waals surface area contributed by atoms with Crippen molar-refractivity contribution in [3.63, 3.8) is 0 Å². The number of alkyl halides is 3.